The Morgan fingerprint density at radius 2 is 2.07 bits per heavy atom. The van der Waals surface area contributed by atoms with E-state index in [1.807, 2.05) is 6.92 Å². The van der Waals surface area contributed by atoms with E-state index in [1.165, 1.54) is 36.8 Å². The van der Waals surface area contributed by atoms with Gasteiger partial charge in [0.25, 0.3) is 0 Å². The van der Waals surface area contributed by atoms with Gasteiger partial charge in [0.1, 0.15) is 5.75 Å². The molecule has 0 radical (unpaired) electrons. The molecule has 6 heteroatoms. The summed E-state index contributed by atoms with van der Waals surface area (Å²) >= 11 is 1.69. The summed E-state index contributed by atoms with van der Waals surface area (Å²) in [6, 6.07) is 6.44. The molecule has 1 aromatic heterocycles. The first-order valence-corrected chi connectivity index (χ1v) is 10.6. The van der Waals surface area contributed by atoms with Gasteiger partial charge in [-0.05, 0) is 51.2 Å². The first-order valence-electron chi connectivity index (χ1n) is 9.76. The van der Waals surface area contributed by atoms with Gasteiger partial charge in [-0.15, -0.1) is 11.3 Å². The van der Waals surface area contributed by atoms with Crippen LogP contribution in [-0.4, -0.2) is 30.6 Å². The van der Waals surface area contributed by atoms with Gasteiger partial charge in [0.15, 0.2) is 5.96 Å². The van der Waals surface area contributed by atoms with E-state index in [0.29, 0.717) is 12.6 Å². The normalized spacial score (nSPS) is 15.1. The lowest BCUT2D eigenvalue weighted by molar-refractivity contribution is 0.207. The minimum atomic E-state index is 0.365. The molecule has 1 aliphatic rings. The topological polar surface area (TPSA) is 58.5 Å². The summed E-state index contributed by atoms with van der Waals surface area (Å²) in [4.78, 5) is 8.82. The highest BCUT2D eigenvalue weighted by Crippen LogP contribution is 2.27. The molecule has 1 aliphatic carbocycles. The maximum absolute atomic E-state index is 6.29. The third-order valence-electron chi connectivity index (χ3n) is 4.83. The van der Waals surface area contributed by atoms with Gasteiger partial charge in [-0.2, -0.15) is 0 Å². The SMILES string of the molecule is CN=C(NCCc1csc(C)n1)NCc1ccc(C)cc1OC1CCCC1. The minimum Gasteiger partial charge on any atom is -0.490 e. The zero-order valence-corrected chi connectivity index (χ0v) is 17.4. The van der Waals surface area contributed by atoms with Crippen LogP contribution in [0.1, 0.15) is 47.5 Å². The van der Waals surface area contributed by atoms with Crippen molar-refractivity contribution in [2.24, 2.45) is 4.99 Å². The molecule has 2 N–H and O–H groups in total. The summed E-state index contributed by atoms with van der Waals surface area (Å²) in [5.74, 6) is 1.80. The smallest absolute Gasteiger partial charge is 0.191 e. The van der Waals surface area contributed by atoms with E-state index in [1.54, 1.807) is 18.4 Å². The van der Waals surface area contributed by atoms with Crippen molar-refractivity contribution in [3.8, 4) is 5.75 Å². The van der Waals surface area contributed by atoms with Gasteiger partial charge in [-0.1, -0.05) is 12.1 Å². The summed E-state index contributed by atoms with van der Waals surface area (Å²) in [7, 11) is 1.80. The van der Waals surface area contributed by atoms with Crippen LogP contribution in [0.3, 0.4) is 0 Å². The van der Waals surface area contributed by atoms with Gasteiger partial charge >= 0.3 is 0 Å². The lowest BCUT2D eigenvalue weighted by Gasteiger charge is -2.18. The number of aliphatic imine (C=N–C) groups is 1. The van der Waals surface area contributed by atoms with E-state index < -0.39 is 0 Å². The standard InChI is InChI=1S/C21H30N4OS/c1-15-8-9-17(20(12-15)26-19-6-4-5-7-19)13-24-21(22-3)23-11-10-18-14-27-16(2)25-18/h8-9,12,14,19H,4-7,10-11,13H2,1-3H3,(H2,22,23,24). The Morgan fingerprint density at radius 3 is 2.78 bits per heavy atom. The Balaban J connectivity index is 1.52. The van der Waals surface area contributed by atoms with Crippen LogP contribution in [0, 0.1) is 13.8 Å². The van der Waals surface area contributed by atoms with Gasteiger partial charge in [0.2, 0.25) is 0 Å². The van der Waals surface area contributed by atoms with Crippen LogP contribution in [0.2, 0.25) is 0 Å². The van der Waals surface area contributed by atoms with E-state index in [0.717, 1.165) is 35.4 Å². The Kier molecular flexibility index (Phi) is 7.10. The highest BCUT2D eigenvalue weighted by Gasteiger charge is 2.18. The number of aromatic nitrogens is 1. The molecule has 1 saturated carbocycles. The molecular weight excluding hydrogens is 356 g/mol. The molecule has 0 unspecified atom stereocenters. The number of hydrogen-bond donors (Lipinski definition) is 2. The van der Waals surface area contributed by atoms with E-state index >= 15 is 0 Å². The molecule has 5 nitrogen and oxygen atoms in total. The summed E-state index contributed by atoms with van der Waals surface area (Å²) < 4.78 is 6.29. The van der Waals surface area contributed by atoms with Crippen molar-refractivity contribution in [3.63, 3.8) is 0 Å². The Hall–Kier alpha value is -2.08. The van der Waals surface area contributed by atoms with E-state index in [2.05, 4.69) is 51.1 Å². The molecule has 0 saturated heterocycles. The second-order valence-corrected chi connectivity index (χ2v) is 8.16. The van der Waals surface area contributed by atoms with E-state index in [4.69, 9.17) is 4.74 Å². The zero-order chi connectivity index (χ0) is 19.1. The molecule has 2 aromatic rings. The summed E-state index contributed by atoms with van der Waals surface area (Å²) in [6.07, 6.45) is 6.15. The molecule has 27 heavy (non-hydrogen) atoms. The molecule has 1 fully saturated rings. The van der Waals surface area contributed by atoms with Crippen molar-refractivity contribution >= 4 is 17.3 Å². The van der Waals surface area contributed by atoms with Crippen LogP contribution in [0.15, 0.2) is 28.6 Å². The number of ether oxygens (including phenoxy) is 1. The van der Waals surface area contributed by atoms with Crippen molar-refractivity contribution in [1.82, 2.24) is 15.6 Å². The molecule has 0 atom stereocenters. The third kappa shape index (κ3) is 5.96. The first-order chi connectivity index (χ1) is 13.1. The van der Waals surface area contributed by atoms with Gasteiger partial charge in [-0.25, -0.2) is 4.98 Å². The highest BCUT2D eigenvalue weighted by atomic mass is 32.1. The molecule has 0 aliphatic heterocycles. The van der Waals surface area contributed by atoms with Crippen LogP contribution in [0.5, 0.6) is 5.75 Å². The van der Waals surface area contributed by atoms with Crippen LogP contribution in [-0.2, 0) is 13.0 Å². The molecule has 1 heterocycles. The minimum absolute atomic E-state index is 0.365. The molecule has 0 amide bonds. The highest BCUT2D eigenvalue weighted by molar-refractivity contribution is 7.09. The number of benzene rings is 1. The molecule has 3 rings (SSSR count). The number of nitrogens with one attached hydrogen (secondary N) is 2. The fraction of sp³-hybridized carbons (Fsp3) is 0.524. The summed E-state index contributed by atoms with van der Waals surface area (Å²) in [5.41, 5.74) is 3.53. The van der Waals surface area contributed by atoms with Crippen molar-refractivity contribution in [1.29, 1.82) is 0 Å². The van der Waals surface area contributed by atoms with Gasteiger partial charge in [-0.3, -0.25) is 4.99 Å². The van der Waals surface area contributed by atoms with Crippen LogP contribution in [0.4, 0.5) is 0 Å². The number of rotatable bonds is 7. The third-order valence-corrected chi connectivity index (χ3v) is 5.65. The second kappa shape index (κ2) is 9.74. The van der Waals surface area contributed by atoms with Crippen LogP contribution >= 0.6 is 11.3 Å². The van der Waals surface area contributed by atoms with Crippen molar-refractivity contribution in [2.75, 3.05) is 13.6 Å². The average molecular weight is 387 g/mol. The van der Waals surface area contributed by atoms with Crippen LogP contribution < -0.4 is 15.4 Å². The van der Waals surface area contributed by atoms with Gasteiger partial charge in [0, 0.05) is 37.5 Å². The largest absolute Gasteiger partial charge is 0.490 e. The fourth-order valence-electron chi connectivity index (χ4n) is 3.33. The molecule has 1 aromatic carbocycles. The monoisotopic (exact) mass is 386 g/mol. The maximum atomic E-state index is 6.29. The maximum Gasteiger partial charge on any atom is 0.191 e. The van der Waals surface area contributed by atoms with Gasteiger partial charge in [0.05, 0.1) is 16.8 Å². The van der Waals surface area contributed by atoms with Crippen LogP contribution in [0.25, 0.3) is 0 Å². The van der Waals surface area contributed by atoms with E-state index in [-0.39, 0.29) is 0 Å². The average Bonchev–Trinajstić information content (AvgIpc) is 3.31. The Labute approximate surface area is 166 Å². The van der Waals surface area contributed by atoms with Crippen molar-refractivity contribution in [3.05, 3.63) is 45.4 Å². The second-order valence-electron chi connectivity index (χ2n) is 7.10. The lowest BCUT2D eigenvalue weighted by atomic mass is 10.1. The van der Waals surface area contributed by atoms with Crippen molar-refractivity contribution in [2.45, 2.75) is 58.6 Å². The Bertz CT molecular complexity index is 765. The summed E-state index contributed by atoms with van der Waals surface area (Å²) in [5, 5.41) is 10.00. The number of hydrogen-bond acceptors (Lipinski definition) is 4. The van der Waals surface area contributed by atoms with Gasteiger partial charge < -0.3 is 15.4 Å². The number of guanidine groups is 1. The number of aryl methyl sites for hydroxylation is 2. The summed E-state index contributed by atoms with van der Waals surface area (Å²) in [6.45, 7) is 5.65. The predicted molar refractivity (Wildman–Crippen MR) is 113 cm³/mol. The lowest BCUT2D eigenvalue weighted by Crippen LogP contribution is -2.38. The fourth-order valence-corrected chi connectivity index (χ4v) is 3.98. The van der Waals surface area contributed by atoms with Crippen molar-refractivity contribution < 1.29 is 4.74 Å². The molecular formula is C21H30N4OS. The number of thiazole rings is 1. The zero-order valence-electron chi connectivity index (χ0n) is 16.5. The predicted octanol–water partition coefficient (Wildman–Crippen LogP) is 3.99. The first kappa shape index (κ1) is 19.7. The molecule has 146 valence electrons. The molecule has 0 spiro atoms. The van der Waals surface area contributed by atoms with E-state index in [9.17, 15) is 0 Å². The number of nitrogens with zero attached hydrogens (tertiary/aromatic N) is 2. The molecule has 0 bridgehead atoms. The Morgan fingerprint density at radius 1 is 1.26 bits per heavy atom. The quantitative estimate of drug-likeness (QED) is 0.558.